The largest absolute Gasteiger partial charge is 0.306 e. The van der Waals surface area contributed by atoms with Crippen LogP contribution in [0.5, 0.6) is 0 Å². The Hall–Kier alpha value is -2.55. The van der Waals surface area contributed by atoms with Gasteiger partial charge in [0.05, 0.1) is 23.6 Å². The molecule has 9 heteroatoms. The van der Waals surface area contributed by atoms with Crippen LogP contribution in [0.3, 0.4) is 0 Å². The Morgan fingerprint density at radius 1 is 1.68 bits per heavy atom. The molecule has 0 aliphatic carbocycles. The Kier molecular flexibility index (Phi) is 4.99. The molecular weight excluding hydrogens is 306 g/mol. The molecule has 2 aromatic heterocycles. The van der Waals surface area contributed by atoms with Crippen LogP contribution in [0, 0.1) is 23.0 Å². The lowest BCUT2D eigenvalue weighted by molar-refractivity contribution is -0.385. The minimum Gasteiger partial charge on any atom is -0.273 e. The van der Waals surface area contributed by atoms with E-state index >= 15 is 0 Å². The molecule has 0 bridgehead atoms. The van der Waals surface area contributed by atoms with E-state index in [1.165, 1.54) is 22.2 Å². The summed E-state index contributed by atoms with van der Waals surface area (Å²) in [5.41, 5.74) is 3.46. The van der Waals surface area contributed by atoms with Crippen molar-refractivity contribution in [1.82, 2.24) is 15.2 Å². The normalized spacial score (nSPS) is 12.5. The fourth-order valence-electron chi connectivity index (χ4n) is 1.69. The smallest absolute Gasteiger partial charge is 0.273 e. The quantitative estimate of drug-likeness (QED) is 0.499. The number of rotatable bonds is 6. The lowest BCUT2D eigenvalue weighted by Gasteiger charge is -2.08. The van der Waals surface area contributed by atoms with Gasteiger partial charge in [-0.1, -0.05) is 6.92 Å². The van der Waals surface area contributed by atoms with E-state index in [0.29, 0.717) is 0 Å². The van der Waals surface area contributed by atoms with Crippen molar-refractivity contribution < 1.29 is 9.72 Å². The lowest BCUT2D eigenvalue weighted by atomic mass is 10.2. The molecule has 0 fully saturated rings. The van der Waals surface area contributed by atoms with E-state index in [1.54, 1.807) is 13.1 Å². The fourth-order valence-corrected chi connectivity index (χ4v) is 2.48. The van der Waals surface area contributed by atoms with Crippen molar-refractivity contribution in [3.05, 3.63) is 44.4 Å². The van der Waals surface area contributed by atoms with Gasteiger partial charge in [-0.25, -0.2) is 5.43 Å². The molecule has 2 rings (SSSR count). The van der Waals surface area contributed by atoms with Gasteiger partial charge >= 0.3 is 5.69 Å². The molecule has 0 radical (unpaired) electrons. The number of amides is 1. The number of aryl methyl sites for hydroxylation is 1. The average Bonchev–Trinajstić information content (AvgIpc) is 3.08. The average molecular weight is 321 g/mol. The molecule has 2 heterocycles. The first-order valence-electron chi connectivity index (χ1n) is 6.51. The summed E-state index contributed by atoms with van der Waals surface area (Å²) in [4.78, 5) is 22.9. The number of hydrazone groups is 1. The molecule has 8 nitrogen and oxygen atoms in total. The Morgan fingerprint density at radius 3 is 3.05 bits per heavy atom. The third kappa shape index (κ3) is 3.98. The van der Waals surface area contributed by atoms with Gasteiger partial charge < -0.3 is 0 Å². The number of carbonyl (C=O) groups excluding carboxylic acids is 1. The van der Waals surface area contributed by atoms with Gasteiger partial charge in [-0.05, 0) is 23.9 Å². The van der Waals surface area contributed by atoms with Gasteiger partial charge in [-0.15, -0.1) is 11.3 Å². The van der Waals surface area contributed by atoms with E-state index in [1.807, 2.05) is 18.4 Å². The van der Waals surface area contributed by atoms with Crippen LogP contribution < -0.4 is 5.43 Å². The number of nitrogens with zero attached hydrogens (tertiary/aromatic N) is 4. The molecule has 22 heavy (non-hydrogen) atoms. The molecule has 2 aromatic rings. The van der Waals surface area contributed by atoms with Crippen LogP contribution in [-0.2, 0) is 11.3 Å². The standard InChI is InChI=1S/C13H15N5O3S/c1-9-3-4-22-12(9)6-14-16-13(19)10(2)7-17-8-11(5-15-17)18(20)21/h3-6,8,10H,7H2,1-2H3,(H,16,19)/b14-6-/t10-/m1/s1. The first kappa shape index (κ1) is 15.8. The molecule has 0 aliphatic heterocycles. The number of nitro groups is 1. The zero-order valence-electron chi connectivity index (χ0n) is 12.1. The number of nitrogens with one attached hydrogen (secondary N) is 1. The molecule has 1 N–H and O–H groups in total. The number of hydrogen-bond donors (Lipinski definition) is 1. The highest BCUT2D eigenvalue weighted by Gasteiger charge is 2.16. The maximum Gasteiger partial charge on any atom is 0.306 e. The molecule has 0 saturated heterocycles. The van der Waals surface area contributed by atoms with Crippen molar-refractivity contribution in [3.63, 3.8) is 0 Å². The van der Waals surface area contributed by atoms with Crippen molar-refractivity contribution in [1.29, 1.82) is 0 Å². The second-order valence-electron chi connectivity index (χ2n) is 4.78. The van der Waals surface area contributed by atoms with Crippen LogP contribution in [0.4, 0.5) is 5.69 Å². The van der Waals surface area contributed by atoms with Crippen molar-refractivity contribution in [3.8, 4) is 0 Å². The molecule has 0 saturated carbocycles. The van der Waals surface area contributed by atoms with Crippen molar-refractivity contribution in [2.45, 2.75) is 20.4 Å². The first-order chi connectivity index (χ1) is 10.5. The van der Waals surface area contributed by atoms with Crippen LogP contribution in [0.2, 0.25) is 0 Å². The Balaban J connectivity index is 1.87. The van der Waals surface area contributed by atoms with Gasteiger partial charge in [-0.2, -0.15) is 10.2 Å². The number of aromatic nitrogens is 2. The van der Waals surface area contributed by atoms with Crippen LogP contribution in [-0.4, -0.2) is 26.8 Å². The van der Waals surface area contributed by atoms with Crippen LogP contribution in [0.1, 0.15) is 17.4 Å². The Bertz CT molecular complexity index is 706. The maximum absolute atomic E-state index is 11.9. The maximum atomic E-state index is 11.9. The van der Waals surface area contributed by atoms with E-state index in [2.05, 4.69) is 15.6 Å². The van der Waals surface area contributed by atoms with Crippen LogP contribution in [0.15, 0.2) is 28.9 Å². The summed E-state index contributed by atoms with van der Waals surface area (Å²) in [6, 6.07) is 1.97. The minimum absolute atomic E-state index is 0.0983. The molecule has 0 unspecified atom stereocenters. The molecule has 1 amide bonds. The van der Waals surface area contributed by atoms with Gasteiger partial charge in [-0.3, -0.25) is 19.6 Å². The zero-order chi connectivity index (χ0) is 16.1. The number of hydrogen-bond acceptors (Lipinski definition) is 6. The van der Waals surface area contributed by atoms with Gasteiger partial charge in [0.2, 0.25) is 5.91 Å². The second-order valence-corrected chi connectivity index (χ2v) is 5.73. The van der Waals surface area contributed by atoms with E-state index in [0.717, 1.165) is 16.6 Å². The Labute approximate surface area is 130 Å². The third-order valence-electron chi connectivity index (χ3n) is 3.00. The van der Waals surface area contributed by atoms with Gasteiger partial charge in [0.1, 0.15) is 12.4 Å². The van der Waals surface area contributed by atoms with Crippen molar-refractivity contribution in [2.75, 3.05) is 0 Å². The summed E-state index contributed by atoms with van der Waals surface area (Å²) >= 11 is 1.54. The molecule has 0 aromatic carbocycles. The highest BCUT2D eigenvalue weighted by atomic mass is 32.1. The van der Waals surface area contributed by atoms with Crippen molar-refractivity contribution in [2.24, 2.45) is 11.0 Å². The summed E-state index contributed by atoms with van der Waals surface area (Å²) in [5.74, 6) is -0.690. The lowest BCUT2D eigenvalue weighted by Crippen LogP contribution is -2.28. The van der Waals surface area contributed by atoms with E-state index < -0.39 is 10.8 Å². The Morgan fingerprint density at radius 2 is 2.45 bits per heavy atom. The third-order valence-corrected chi connectivity index (χ3v) is 3.95. The molecule has 1 atom stereocenters. The SMILES string of the molecule is Cc1ccsc1/C=N\NC(=O)[C@H](C)Cn1cc([N+](=O)[O-])cn1. The van der Waals surface area contributed by atoms with Crippen molar-refractivity contribution >= 4 is 29.1 Å². The minimum atomic E-state index is -0.526. The second kappa shape index (κ2) is 6.94. The molecule has 0 aliphatic rings. The van der Waals surface area contributed by atoms with Crippen LogP contribution >= 0.6 is 11.3 Å². The zero-order valence-corrected chi connectivity index (χ0v) is 12.9. The summed E-state index contributed by atoms with van der Waals surface area (Å²) < 4.78 is 1.37. The van der Waals surface area contributed by atoms with Gasteiger partial charge in [0.15, 0.2) is 0 Å². The predicted octanol–water partition coefficient (Wildman–Crippen LogP) is 1.95. The topological polar surface area (TPSA) is 102 Å². The summed E-state index contributed by atoms with van der Waals surface area (Å²) in [5, 5.41) is 20.3. The summed E-state index contributed by atoms with van der Waals surface area (Å²) in [6.07, 6.45) is 4.05. The van der Waals surface area contributed by atoms with E-state index in [-0.39, 0.29) is 18.1 Å². The highest BCUT2D eigenvalue weighted by molar-refractivity contribution is 7.11. The summed E-state index contributed by atoms with van der Waals surface area (Å²) in [7, 11) is 0. The van der Waals surface area contributed by atoms with E-state index in [9.17, 15) is 14.9 Å². The van der Waals surface area contributed by atoms with Gasteiger partial charge in [0.25, 0.3) is 0 Å². The fraction of sp³-hybridized carbons (Fsp3) is 0.308. The predicted molar refractivity (Wildman–Crippen MR) is 82.8 cm³/mol. The monoisotopic (exact) mass is 321 g/mol. The van der Waals surface area contributed by atoms with Gasteiger partial charge in [0, 0.05) is 4.88 Å². The molecular formula is C13H15N5O3S. The molecule has 0 spiro atoms. The summed E-state index contributed by atoms with van der Waals surface area (Å²) in [6.45, 7) is 3.91. The van der Waals surface area contributed by atoms with Crippen LogP contribution in [0.25, 0.3) is 0 Å². The first-order valence-corrected chi connectivity index (χ1v) is 7.39. The molecule has 116 valence electrons. The number of carbonyl (C=O) groups is 1. The number of thiophene rings is 1. The van der Waals surface area contributed by atoms with E-state index in [4.69, 9.17) is 0 Å². The highest BCUT2D eigenvalue weighted by Crippen LogP contribution is 2.12.